The van der Waals surface area contributed by atoms with Crippen LogP contribution in [0.4, 0.5) is 0 Å². The molecular formula is C20H33O4P. The highest BCUT2D eigenvalue weighted by Gasteiger charge is 2.35. The summed E-state index contributed by atoms with van der Waals surface area (Å²) in [7, 11) is 0.0656. The smallest absolute Gasteiger partial charge is 0.228 e. The number of carbonyl (C=O) groups excluding carboxylic acids is 1. The monoisotopic (exact) mass is 368 g/mol. The van der Waals surface area contributed by atoms with Gasteiger partial charge in [-0.15, -0.1) is 0 Å². The van der Waals surface area contributed by atoms with Gasteiger partial charge in [-0.1, -0.05) is 52.0 Å². The van der Waals surface area contributed by atoms with Crippen molar-refractivity contribution >= 4 is 12.7 Å². The molecule has 5 heteroatoms. The molecular weight excluding hydrogens is 335 g/mol. The summed E-state index contributed by atoms with van der Waals surface area (Å²) in [5, 5.41) is 0. The molecule has 0 bridgehead atoms. The molecule has 0 aliphatic rings. The van der Waals surface area contributed by atoms with Gasteiger partial charge in [0, 0.05) is 12.3 Å². The molecule has 0 amide bonds. The van der Waals surface area contributed by atoms with Crippen LogP contribution in [-0.2, 0) is 4.57 Å². The molecule has 0 spiro atoms. The maximum Gasteiger partial charge on any atom is 0.228 e. The normalized spacial score (nSPS) is 13.3. The molecule has 0 heterocycles. The Morgan fingerprint density at radius 2 is 1.40 bits per heavy atom. The van der Waals surface area contributed by atoms with Gasteiger partial charge >= 0.3 is 0 Å². The number of hydrogen-bond acceptors (Lipinski definition) is 4. The summed E-state index contributed by atoms with van der Waals surface area (Å²) in [4.78, 5) is 13.2. The van der Waals surface area contributed by atoms with Gasteiger partial charge in [0.1, 0.15) is 17.1 Å². The average molecular weight is 368 g/mol. The van der Waals surface area contributed by atoms with Crippen molar-refractivity contribution in [3.05, 3.63) is 23.8 Å². The second-order valence-electron chi connectivity index (χ2n) is 6.45. The number of rotatable bonds is 13. The second-order valence-corrected chi connectivity index (χ2v) is 9.53. The summed E-state index contributed by atoms with van der Waals surface area (Å²) in [6, 6.07) is 5.22. The SMILES string of the molecule is CCCCCCCP(=O)(CCCC)C(=O)c1c(OC)cccc1OC. The predicted molar refractivity (Wildman–Crippen MR) is 105 cm³/mol. The van der Waals surface area contributed by atoms with E-state index in [0.717, 1.165) is 32.1 Å². The highest BCUT2D eigenvalue weighted by molar-refractivity contribution is 7.81. The Hall–Kier alpha value is -1.28. The fraction of sp³-hybridized carbons (Fsp3) is 0.650. The Labute approximate surface area is 152 Å². The third kappa shape index (κ3) is 6.18. The van der Waals surface area contributed by atoms with Gasteiger partial charge in [-0.2, -0.15) is 0 Å². The van der Waals surface area contributed by atoms with Crippen molar-refractivity contribution in [2.45, 2.75) is 58.8 Å². The Morgan fingerprint density at radius 1 is 0.880 bits per heavy atom. The molecule has 142 valence electrons. The molecule has 0 saturated heterocycles. The lowest BCUT2D eigenvalue weighted by molar-refractivity contribution is 0.106. The summed E-state index contributed by atoms with van der Waals surface area (Å²) >= 11 is 0. The zero-order valence-electron chi connectivity index (χ0n) is 16.2. The van der Waals surface area contributed by atoms with Gasteiger partial charge in [0.15, 0.2) is 7.14 Å². The van der Waals surface area contributed by atoms with Crippen molar-refractivity contribution in [2.75, 3.05) is 26.5 Å². The maximum atomic E-state index is 13.6. The van der Waals surface area contributed by atoms with Crippen LogP contribution in [0.1, 0.15) is 69.2 Å². The number of unbranched alkanes of at least 4 members (excludes halogenated alkanes) is 5. The Morgan fingerprint density at radius 3 is 1.92 bits per heavy atom. The zero-order chi connectivity index (χ0) is 18.7. The molecule has 1 atom stereocenters. The van der Waals surface area contributed by atoms with Crippen molar-refractivity contribution in [3.8, 4) is 11.5 Å². The number of carbonyl (C=O) groups is 1. The van der Waals surface area contributed by atoms with Crippen molar-refractivity contribution in [1.29, 1.82) is 0 Å². The van der Waals surface area contributed by atoms with E-state index in [0.29, 0.717) is 29.4 Å². The van der Waals surface area contributed by atoms with Crippen LogP contribution in [-0.4, -0.2) is 32.1 Å². The maximum absolute atomic E-state index is 13.6. The molecule has 0 N–H and O–H groups in total. The largest absolute Gasteiger partial charge is 0.496 e. The molecule has 0 aliphatic heterocycles. The minimum atomic E-state index is -2.98. The fourth-order valence-electron chi connectivity index (χ4n) is 2.96. The van der Waals surface area contributed by atoms with Gasteiger partial charge < -0.3 is 14.0 Å². The number of ether oxygens (including phenoxy) is 2. The van der Waals surface area contributed by atoms with E-state index in [-0.39, 0.29) is 5.52 Å². The highest BCUT2D eigenvalue weighted by atomic mass is 31.2. The van der Waals surface area contributed by atoms with E-state index in [1.165, 1.54) is 27.1 Å². The molecule has 1 aromatic carbocycles. The van der Waals surface area contributed by atoms with Crippen LogP contribution in [0.3, 0.4) is 0 Å². The topological polar surface area (TPSA) is 52.6 Å². The molecule has 1 unspecified atom stereocenters. The standard InChI is InChI=1S/C20H33O4P/c1-5-7-9-10-11-16-25(22,15-8-6-2)20(21)19-17(23-3)13-12-14-18(19)24-4/h12-14H,5-11,15-16H2,1-4H3. The number of benzene rings is 1. The summed E-state index contributed by atoms with van der Waals surface area (Å²) < 4.78 is 24.3. The molecule has 0 radical (unpaired) electrons. The molecule has 0 fully saturated rings. The van der Waals surface area contributed by atoms with E-state index in [9.17, 15) is 9.36 Å². The third-order valence-electron chi connectivity index (χ3n) is 4.51. The van der Waals surface area contributed by atoms with Crippen LogP contribution < -0.4 is 9.47 Å². The first-order chi connectivity index (χ1) is 12.0. The summed E-state index contributed by atoms with van der Waals surface area (Å²) in [5.74, 6) is 0.874. The lowest BCUT2D eigenvalue weighted by Crippen LogP contribution is -2.11. The van der Waals surface area contributed by atoms with Crippen molar-refractivity contribution < 1.29 is 18.8 Å². The molecule has 0 saturated carbocycles. The Bertz CT molecular complexity index is 561. The second kappa shape index (κ2) is 11.4. The summed E-state index contributed by atoms with van der Waals surface area (Å²) in [6.45, 7) is 4.23. The van der Waals surface area contributed by atoms with Gasteiger partial charge in [-0.3, -0.25) is 4.79 Å². The highest BCUT2D eigenvalue weighted by Crippen LogP contribution is 2.53. The molecule has 4 nitrogen and oxygen atoms in total. The average Bonchev–Trinajstić information content (AvgIpc) is 2.64. The van der Waals surface area contributed by atoms with Crippen molar-refractivity contribution in [1.82, 2.24) is 0 Å². The number of methoxy groups -OCH3 is 2. The first-order valence-corrected chi connectivity index (χ1v) is 11.5. The van der Waals surface area contributed by atoms with Crippen molar-refractivity contribution in [2.24, 2.45) is 0 Å². The van der Waals surface area contributed by atoms with Crippen LogP contribution in [0.15, 0.2) is 18.2 Å². The minimum Gasteiger partial charge on any atom is -0.496 e. The Kier molecular flexibility index (Phi) is 9.89. The molecule has 0 aliphatic carbocycles. The van der Waals surface area contributed by atoms with Gasteiger partial charge in [-0.25, -0.2) is 0 Å². The lowest BCUT2D eigenvalue weighted by atomic mass is 10.2. The van der Waals surface area contributed by atoms with E-state index in [4.69, 9.17) is 9.47 Å². The van der Waals surface area contributed by atoms with E-state index in [2.05, 4.69) is 13.8 Å². The van der Waals surface area contributed by atoms with Crippen LogP contribution >= 0.6 is 7.14 Å². The molecule has 0 aromatic heterocycles. The van der Waals surface area contributed by atoms with Gasteiger partial charge in [-0.05, 0) is 25.0 Å². The van der Waals surface area contributed by atoms with E-state index >= 15 is 0 Å². The van der Waals surface area contributed by atoms with E-state index < -0.39 is 7.14 Å². The van der Waals surface area contributed by atoms with E-state index in [1.54, 1.807) is 18.2 Å². The zero-order valence-corrected chi connectivity index (χ0v) is 17.1. The third-order valence-corrected chi connectivity index (χ3v) is 7.55. The molecule has 1 aromatic rings. The van der Waals surface area contributed by atoms with Crippen LogP contribution in [0, 0.1) is 0 Å². The van der Waals surface area contributed by atoms with Gasteiger partial charge in [0.25, 0.3) is 0 Å². The van der Waals surface area contributed by atoms with Crippen LogP contribution in [0.25, 0.3) is 0 Å². The first-order valence-electron chi connectivity index (χ1n) is 9.38. The Balaban J connectivity index is 3.05. The van der Waals surface area contributed by atoms with Crippen LogP contribution in [0.2, 0.25) is 0 Å². The van der Waals surface area contributed by atoms with Crippen molar-refractivity contribution in [3.63, 3.8) is 0 Å². The minimum absolute atomic E-state index is 0.286. The lowest BCUT2D eigenvalue weighted by Gasteiger charge is -2.20. The quantitative estimate of drug-likeness (QED) is 0.317. The van der Waals surface area contributed by atoms with Crippen LogP contribution in [0.5, 0.6) is 11.5 Å². The molecule has 25 heavy (non-hydrogen) atoms. The van der Waals surface area contributed by atoms with Gasteiger partial charge in [0.2, 0.25) is 5.52 Å². The molecule has 1 rings (SSSR count). The van der Waals surface area contributed by atoms with Gasteiger partial charge in [0.05, 0.1) is 14.2 Å². The summed E-state index contributed by atoms with van der Waals surface area (Å²) in [6.07, 6.45) is 8.04. The van der Waals surface area contributed by atoms with E-state index in [1.807, 2.05) is 0 Å². The summed E-state index contributed by atoms with van der Waals surface area (Å²) in [5.41, 5.74) is 0.0474. The fourth-order valence-corrected chi connectivity index (χ4v) is 5.78. The predicted octanol–water partition coefficient (Wildman–Crippen LogP) is 5.98. The number of hydrogen-bond donors (Lipinski definition) is 0. The first kappa shape index (κ1) is 21.8.